The van der Waals surface area contributed by atoms with Crippen molar-refractivity contribution in [3.05, 3.63) is 41.2 Å². The molecule has 2 aromatic rings. The first-order valence-corrected chi connectivity index (χ1v) is 9.82. The topological polar surface area (TPSA) is 76.1 Å². The smallest absolute Gasteiger partial charge is 0.226 e. The number of nitrogens with zero attached hydrogens (tertiary/aromatic N) is 1. The van der Waals surface area contributed by atoms with Gasteiger partial charge in [-0.05, 0) is 18.6 Å². The van der Waals surface area contributed by atoms with Gasteiger partial charge in [-0.2, -0.15) is 0 Å². The Labute approximate surface area is 137 Å². The van der Waals surface area contributed by atoms with Gasteiger partial charge in [0.15, 0.2) is 9.84 Å². The van der Waals surface area contributed by atoms with Crippen LogP contribution in [0.15, 0.2) is 29.6 Å². The van der Waals surface area contributed by atoms with Crippen LogP contribution in [0.2, 0.25) is 0 Å². The lowest BCUT2D eigenvalue weighted by atomic mass is 10.2. The summed E-state index contributed by atoms with van der Waals surface area (Å²) in [6.45, 7) is 0. The van der Waals surface area contributed by atoms with Crippen molar-refractivity contribution in [3.8, 4) is 10.6 Å². The fraction of sp³-hybridized carbons (Fsp3) is 0.333. The van der Waals surface area contributed by atoms with Crippen LogP contribution in [-0.4, -0.2) is 36.9 Å². The minimum absolute atomic E-state index is 0.00369. The van der Waals surface area contributed by atoms with E-state index in [0.29, 0.717) is 22.7 Å². The number of carbonyl (C=O) groups is 1. The Hall–Kier alpha value is -1.80. The normalized spacial score (nSPS) is 19.6. The molecule has 0 unspecified atom stereocenters. The summed E-state index contributed by atoms with van der Waals surface area (Å²) in [6.07, 6.45) is 0.507. The summed E-state index contributed by atoms with van der Waals surface area (Å²) < 4.78 is 36.5. The van der Waals surface area contributed by atoms with E-state index in [1.807, 2.05) is 0 Å². The number of thiazole rings is 1. The first-order valence-electron chi connectivity index (χ1n) is 7.12. The second-order valence-electron chi connectivity index (χ2n) is 5.47. The fourth-order valence-corrected chi connectivity index (χ4v) is 5.02. The molecule has 1 fully saturated rings. The Morgan fingerprint density at radius 2 is 2.17 bits per heavy atom. The summed E-state index contributed by atoms with van der Waals surface area (Å²) in [6, 6.07) is 6.02. The average molecular weight is 354 g/mol. The summed E-state index contributed by atoms with van der Waals surface area (Å²) in [7, 11) is -3.02. The van der Waals surface area contributed by atoms with Gasteiger partial charge >= 0.3 is 0 Å². The third-order valence-corrected chi connectivity index (χ3v) is 6.29. The minimum Gasteiger partial charge on any atom is -0.352 e. The lowest BCUT2D eigenvalue weighted by Crippen LogP contribution is -2.36. The standard InChI is InChI=1S/C15H15FN2O3S2/c16-13-4-2-1-3-12(13)15-18-11(8-22-15)7-14(19)17-10-5-6-23(20,21)9-10/h1-4,8,10H,5-7,9H2,(H,17,19)/t10-/m1/s1. The maximum atomic E-state index is 13.7. The molecular formula is C15H15FN2O3S2. The van der Waals surface area contributed by atoms with E-state index in [4.69, 9.17) is 0 Å². The van der Waals surface area contributed by atoms with Crippen LogP contribution in [-0.2, 0) is 21.1 Å². The molecule has 0 spiro atoms. The van der Waals surface area contributed by atoms with Crippen molar-refractivity contribution in [2.45, 2.75) is 18.9 Å². The van der Waals surface area contributed by atoms with Gasteiger partial charge in [-0.1, -0.05) is 12.1 Å². The van der Waals surface area contributed by atoms with E-state index >= 15 is 0 Å². The number of halogens is 1. The third-order valence-electron chi connectivity index (χ3n) is 3.60. The second kappa shape index (κ2) is 6.37. The number of aromatic nitrogens is 1. The number of rotatable bonds is 4. The predicted octanol–water partition coefficient (Wildman–Crippen LogP) is 1.79. The van der Waals surface area contributed by atoms with Crippen LogP contribution in [0.5, 0.6) is 0 Å². The molecule has 1 amide bonds. The number of hydrogen-bond acceptors (Lipinski definition) is 5. The first kappa shape index (κ1) is 16.1. The summed E-state index contributed by atoms with van der Waals surface area (Å²) in [4.78, 5) is 16.3. The molecule has 8 heteroatoms. The van der Waals surface area contributed by atoms with Gasteiger partial charge in [0.1, 0.15) is 10.8 Å². The number of carbonyl (C=O) groups excluding carboxylic acids is 1. The van der Waals surface area contributed by atoms with Crippen molar-refractivity contribution in [2.75, 3.05) is 11.5 Å². The number of benzene rings is 1. The maximum absolute atomic E-state index is 13.7. The van der Waals surface area contributed by atoms with Gasteiger partial charge in [0.05, 0.1) is 23.6 Å². The zero-order valence-electron chi connectivity index (χ0n) is 12.2. The quantitative estimate of drug-likeness (QED) is 0.908. The molecule has 1 saturated heterocycles. The van der Waals surface area contributed by atoms with E-state index in [-0.39, 0.29) is 35.7 Å². The molecule has 1 aliphatic heterocycles. The van der Waals surface area contributed by atoms with E-state index in [1.165, 1.54) is 17.4 Å². The summed E-state index contributed by atoms with van der Waals surface area (Å²) in [5.41, 5.74) is 0.956. The lowest BCUT2D eigenvalue weighted by molar-refractivity contribution is -0.121. The van der Waals surface area contributed by atoms with E-state index in [9.17, 15) is 17.6 Å². The molecule has 23 heavy (non-hydrogen) atoms. The number of nitrogens with one attached hydrogen (secondary N) is 1. The largest absolute Gasteiger partial charge is 0.352 e. The molecule has 0 bridgehead atoms. The van der Waals surface area contributed by atoms with Crippen molar-refractivity contribution in [2.24, 2.45) is 0 Å². The van der Waals surface area contributed by atoms with Gasteiger partial charge in [0, 0.05) is 17.0 Å². The Bertz CT molecular complexity index is 833. The Balaban J connectivity index is 1.63. The van der Waals surface area contributed by atoms with Gasteiger partial charge in [0.25, 0.3) is 0 Å². The fourth-order valence-electron chi connectivity index (χ4n) is 2.50. The molecule has 0 aliphatic carbocycles. The molecule has 1 atom stereocenters. The molecule has 1 aromatic carbocycles. The summed E-state index contributed by atoms with van der Waals surface area (Å²) >= 11 is 1.27. The Morgan fingerprint density at radius 3 is 2.87 bits per heavy atom. The number of amides is 1. The van der Waals surface area contributed by atoms with Crippen LogP contribution in [0, 0.1) is 5.82 Å². The Morgan fingerprint density at radius 1 is 1.39 bits per heavy atom. The van der Waals surface area contributed by atoms with E-state index in [0.717, 1.165) is 0 Å². The molecule has 0 saturated carbocycles. The highest BCUT2D eigenvalue weighted by molar-refractivity contribution is 7.91. The average Bonchev–Trinajstić information content (AvgIpc) is 3.06. The Kier molecular flexibility index (Phi) is 4.45. The lowest BCUT2D eigenvalue weighted by Gasteiger charge is -2.09. The van der Waals surface area contributed by atoms with E-state index in [2.05, 4.69) is 10.3 Å². The monoisotopic (exact) mass is 354 g/mol. The van der Waals surface area contributed by atoms with Crippen LogP contribution >= 0.6 is 11.3 Å². The second-order valence-corrected chi connectivity index (χ2v) is 8.55. The summed E-state index contributed by atoms with van der Waals surface area (Å²) in [5, 5.41) is 4.95. The zero-order chi connectivity index (χ0) is 16.4. The molecule has 122 valence electrons. The molecule has 2 heterocycles. The SMILES string of the molecule is O=C(Cc1csc(-c2ccccc2F)n1)N[C@@H]1CCS(=O)(=O)C1. The molecule has 0 radical (unpaired) electrons. The molecular weight excluding hydrogens is 339 g/mol. The molecule has 3 rings (SSSR count). The van der Waals surface area contributed by atoms with Crippen molar-refractivity contribution >= 4 is 27.1 Å². The first-order chi connectivity index (χ1) is 10.9. The van der Waals surface area contributed by atoms with Crippen molar-refractivity contribution in [1.29, 1.82) is 0 Å². The van der Waals surface area contributed by atoms with Crippen molar-refractivity contribution < 1.29 is 17.6 Å². The van der Waals surface area contributed by atoms with Crippen LogP contribution in [0.4, 0.5) is 4.39 Å². The highest BCUT2D eigenvalue weighted by atomic mass is 32.2. The number of hydrogen-bond donors (Lipinski definition) is 1. The number of sulfone groups is 1. The zero-order valence-corrected chi connectivity index (χ0v) is 13.8. The van der Waals surface area contributed by atoms with Gasteiger partial charge in [0.2, 0.25) is 5.91 Å². The van der Waals surface area contributed by atoms with Gasteiger partial charge < -0.3 is 5.32 Å². The van der Waals surface area contributed by atoms with Crippen molar-refractivity contribution in [1.82, 2.24) is 10.3 Å². The third kappa shape index (κ3) is 3.94. The van der Waals surface area contributed by atoms with Gasteiger partial charge in [-0.25, -0.2) is 17.8 Å². The van der Waals surface area contributed by atoms with Gasteiger partial charge in [-0.15, -0.1) is 11.3 Å². The van der Waals surface area contributed by atoms with Crippen LogP contribution < -0.4 is 5.32 Å². The summed E-state index contributed by atoms with van der Waals surface area (Å²) in [5.74, 6) is -0.506. The van der Waals surface area contributed by atoms with Crippen LogP contribution in [0.25, 0.3) is 10.6 Å². The van der Waals surface area contributed by atoms with Gasteiger partial charge in [-0.3, -0.25) is 4.79 Å². The molecule has 1 aromatic heterocycles. The van der Waals surface area contributed by atoms with Crippen LogP contribution in [0.3, 0.4) is 0 Å². The van der Waals surface area contributed by atoms with E-state index in [1.54, 1.807) is 23.6 Å². The van der Waals surface area contributed by atoms with E-state index < -0.39 is 9.84 Å². The molecule has 1 aliphatic rings. The minimum atomic E-state index is -3.02. The maximum Gasteiger partial charge on any atom is 0.226 e. The highest BCUT2D eigenvalue weighted by Gasteiger charge is 2.28. The predicted molar refractivity (Wildman–Crippen MR) is 86.4 cm³/mol. The highest BCUT2D eigenvalue weighted by Crippen LogP contribution is 2.26. The van der Waals surface area contributed by atoms with Crippen molar-refractivity contribution in [3.63, 3.8) is 0 Å². The molecule has 1 N–H and O–H groups in total. The van der Waals surface area contributed by atoms with Crippen LogP contribution in [0.1, 0.15) is 12.1 Å². The molecule has 5 nitrogen and oxygen atoms in total.